The molecule has 0 heterocycles. The highest BCUT2D eigenvalue weighted by Crippen LogP contribution is 2.21. The van der Waals surface area contributed by atoms with E-state index in [1.54, 1.807) is 24.9 Å². The first-order valence-corrected chi connectivity index (χ1v) is 10.1. The summed E-state index contributed by atoms with van der Waals surface area (Å²) in [4.78, 5) is 27.0. The van der Waals surface area contributed by atoms with Gasteiger partial charge >= 0.3 is 0 Å². The molecule has 0 radical (unpaired) electrons. The Kier molecular flexibility index (Phi) is 6.89. The summed E-state index contributed by atoms with van der Waals surface area (Å²) < 4.78 is 0. The number of carbonyl (C=O) groups excluding carboxylic acids is 2. The van der Waals surface area contributed by atoms with Gasteiger partial charge in [-0.2, -0.15) is 0 Å². The number of likely N-dealkylation sites (N-methyl/N-ethyl adjacent to an activating group) is 1. The van der Waals surface area contributed by atoms with Gasteiger partial charge in [-0.05, 0) is 47.4 Å². The molecule has 0 aromatic heterocycles. The van der Waals surface area contributed by atoms with Gasteiger partial charge in [0.25, 0.3) is 0 Å². The Morgan fingerprint density at radius 2 is 1.76 bits per heavy atom. The lowest BCUT2D eigenvalue weighted by molar-refractivity contribution is -0.140. The van der Waals surface area contributed by atoms with E-state index in [4.69, 9.17) is 11.6 Å². The fourth-order valence-corrected chi connectivity index (χ4v) is 3.73. The Labute approximate surface area is 176 Å². The van der Waals surface area contributed by atoms with Crippen LogP contribution < -0.4 is 5.32 Å². The SMILES string of the molecule is CNC(=O)[C@@H](C)N(Cc1cccc(Cl)c1)C(=O)CCc1cccc2ccccc12. The smallest absolute Gasteiger partial charge is 0.242 e. The van der Waals surface area contributed by atoms with Crippen molar-refractivity contribution in [2.75, 3.05) is 7.05 Å². The van der Waals surface area contributed by atoms with Crippen molar-refractivity contribution < 1.29 is 9.59 Å². The summed E-state index contributed by atoms with van der Waals surface area (Å²) in [5, 5.41) is 5.56. The second kappa shape index (κ2) is 9.57. The second-order valence-corrected chi connectivity index (χ2v) is 7.52. The van der Waals surface area contributed by atoms with Crippen LogP contribution in [0.2, 0.25) is 5.02 Å². The molecule has 3 aromatic carbocycles. The van der Waals surface area contributed by atoms with Crippen LogP contribution in [0.25, 0.3) is 10.8 Å². The van der Waals surface area contributed by atoms with Crippen molar-refractivity contribution in [1.29, 1.82) is 0 Å². The van der Waals surface area contributed by atoms with E-state index in [2.05, 4.69) is 29.6 Å². The van der Waals surface area contributed by atoms with E-state index in [-0.39, 0.29) is 11.8 Å². The van der Waals surface area contributed by atoms with Crippen molar-refractivity contribution in [2.45, 2.75) is 32.4 Å². The van der Waals surface area contributed by atoms with Crippen LogP contribution in [0.1, 0.15) is 24.5 Å². The first-order chi connectivity index (χ1) is 14.0. The van der Waals surface area contributed by atoms with E-state index in [1.807, 2.05) is 36.4 Å². The quantitative estimate of drug-likeness (QED) is 0.621. The number of rotatable bonds is 7. The molecule has 0 saturated heterocycles. The lowest BCUT2D eigenvalue weighted by Gasteiger charge is -2.28. The second-order valence-electron chi connectivity index (χ2n) is 7.08. The van der Waals surface area contributed by atoms with Crippen LogP contribution >= 0.6 is 11.6 Å². The average Bonchev–Trinajstić information content (AvgIpc) is 2.74. The lowest BCUT2D eigenvalue weighted by Crippen LogP contribution is -2.46. The largest absolute Gasteiger partial charge is 0.357 e. The van der Waals surface area contributed by atoms with Crippen LogP contribution in [-0.4, -0.2) is 29.8 Å². The van der Waals surface area contributed by atoms with Gasteiger partial charge in [0.1, 0.15) is 6.04 Å². The van der Waals surface area contributed by atoms with Crippen LogP contribution in [0.4, 0.5) is 0 Å². The third-order valence-corrected chi connectivity index (χ3v) is 5.38. The topological polar surface area (TPSA) is 49.4 Å². The normalized spacial score (nSPS) is 11.8. The monoisotopic (exact) mass is 408 g/mol. The molecule has 0 aliphatic carbocycles. The molecule has 0 bridgehead atoms. The summed E-state index contributed by atoms with van der Waals surface area (Å²) in [5.41, 5.74) is 2.03. The Bertz CT molecular complexity index is 1010. The molecule has 0 spiro atoms. The first-order valence-electron chi connectivity index (χ1n) is 9.71. The van der Waals surface area contributed by atoms with Crippen LogP contribution in [0.15, 0.2) is 66.7 Å². The van der Waals surface area contributed by atoms with Crippen molar-refractivity contribution >= 4 is 34.2 Å². The third-order valence-electron chi connectivity index (χ3n) is 5.14. The molecule has 0 unspecified atom stereocenters. The van der Waals surface area contributed by atoms with Crippen LogP contribution in [-0.2, 0) is 22.6 Å². The van der Waals surface area contributed by atoms with Crippen molar-refractivity contribution in [3.05, 3.63) is 82.9 Å². The molecule has 3 rings (SSSR count). The van der Waals surface area contributed by atoms with Gasteiger partial charge in [-0.3, -0.25) is 9.59 Å². The van der Waals surface area contributed by atoms with Gasteiger partial charge < -0.3 is 10.2 Å². The number of fused-ring (bicyclic) bond motifs is 1. The third kappa shape index (κ3) is 5.15. The maximum absolute atomic E-state index is 13.1. The molecule has 0 saturated carbocycles. The van der Waals surface area contributed by atoms with Gasteiger partial charge in [0, 0.05) is 25.0 Å². The molecule has 2 amide bonds. The zero-order valence-electron chi connectivity index (χ0n) is 16.7. The van der Waals surface area contributed by atoms with E-state index in [0.29, 0.717) is 24.4 Å². The number of aryl methyl sites for hydroxylation is 1. The zero-order valence-corrected chi connectivity index (χ0v) is 17.4. The minimum Gasteiger partial charge on any atom is -0.357 e. The Morgan fingerprint density at radius 1 is 1.03 bits per heavy atom. The Balaban J connectivity index is 1.79. The van der Waals surface area contributed by atoms with E-state index < -0.39 is 6.04 Å². The van der Waals surface area contributed by atoms with Crippen LogP contribution in [0, 0.1) is 0 Å². The number of nitrogens with one attached hydrogen (secondary N) is 1. The maximum atomic E-state index is 13.1. The summed E-state index contributed by atoms with van der Waals surface area (Å²) in [6, 6.07) is 21.1. The number of halogens is 1. The van der Waals surface area contributed by atoms with Gasteiger partial charge in [0.05, 0.1) is 0 Å². The Morgan fingerprint density at radius 3 is 2.52 bits per heavy atom. The van der Waals surface area contributed by atoms with Crippen molar-refractivity contribution in [3.63, 3.8) is 0 Å². The molecular weight excluding hydrogens is 384 g/mol. The zero-order chi connectivity index (χ0) is 20.8. The predicted octanol–water partition coefficient (Wildman–Crippen LogP) is 4.59. The maximum Gasteiger partial charge on any atom is 0.242 e. The van der Waals surface area contributed by atoms with E-state index >= 15 is 0 Å². The fraction of sp³-hybridized carbons (Fsp3) is 0.250. The molecule has 5 heteroatoms. The summed E-state index contributed by atoms with van der Waals surface area (Å²) in [6.07, 6.45) is 0.947. The summed E-state index contributed by atoms with van der Waals surface area (Å²) >= 11 is 6.09. The summed E-state index contributed by atoms with van der Waals surface area (Å²) in [6.45, 7) is 2.09. The minimum atomic E-state index is -0.570. The van der Waals surface area contributed by atoms with Gasteiger partial charge in [-0.15, -0.1) is 0 Å². The average molecular weight is 409 g/mol. The number of amides is 2. The predicted molar refractivity (Wildman–Crippen MR) is 118 cm³/mol. The van der Waals surface area contributed by atoms with Gasteiger partial charge in [-0.1, -0.05) is 66.2 Å². The van der Waals surface area contributed by atoms with E-state index in [0.717, 1.165) is 21.9 Å². The molecule has 0 aliphatic rings. The fourth-order valence-electron chi connectivity index (χ4n) is 3.52. The first kappa shape index (κ1) is 20.9. The molecular formula is C24H25ClN2O2. The highest BCUT2D eigenvalue weighted by Gasteiger charge is 2.25. The highest BCUT2D eigenvalue weighted by atomic mass is 35.5. The minimum absolute atomic E-state index is 0.0611. The molecule has 0 aliphatic heterocycles. The standard InChI is InChI=1S/C24H25ClN2O2/c1-17(24(29)26-2)27(16-18-7-5-11-21(25)15-18)23(28)14-13-20-10-6-9-19-8-3-4-12-22(19)20/h3-12,15,17H,13-14,16H2,1-2H3,(H,26,29)/t17-/m1/s1. The number of hydrogen-bond donors (Lipinski definition) is 1. The molecule has 1 atom stereocenters. The molecule has 4 nitrogen and oxygen atoms in total. The molecule has 3 aromatic rings. The molecule has 1 N–H and O–H groups in total. The van der Waals surface area contributed by atoms with Gasteiger partial charge in [0.2, 0.25) is 11.8 Å². The van der Waals surface area contributed by atoms with E-state index in [1.165, 1.54) is 0 Å². The van der Waals surface area contributed by atoms with Crippen molar-refractivity contribution in [2.24, 2.45) is 0 Å². The van der Waals surface area contributed by atoms with Crippen LogP contribution in [0.3, 0.4) is 0 Å². The van der Waals surface area contributed by atoms with E-state index in [9.17, 15) is 9.59 Å². The number of hydrogen-bond acceptors (Lipinski definition) is 2. The van der Waals surface area contributed by atoms with Gasteiger partial charge in [-0.25, -0.2) is 0 Å². The van der Waals surface area contributed by atoms with Gasteiger partial charge in [0.15, 0.2) is 0 Å². The van der Waals surface area contributed by atoms with Crippen molar-refractivity contribution in [3.8, 4) is 0 Å². The molecule has 150 valence electrons. The lowest BCUT2D eigenvalue weighted by atomic mass is 10.0. The van der Waals surface area contributed by atoms with Crippen LogP contribution in [0.5, 0.6) is 0 Å². The van der Waals surface area contributed by atoms with Crippen molar-refractivity contribution in [1.82, 2.24) is 10.2 Å². The Hall–Kier alpha value is -2.85. The summed E-state index contributed by atoms with van der Waals surface area (Å²) in [7, 11) is 1.58. The number of nitrogens with zero attached hydrogens (tertiary/aromatic N) is 1. The molecule has 29 heavy (non-hydrogen) atoms. The molecule has 0 fully saturated rings. The number of benzene rings is 3. The number of carbonyl (C=O) groups is 2. The highest BCUT2D eigenvalue weighted by molar-refractivity contribution is 6.30. The summed E-state index contributed by atoms with van der Waals surface area (Å²) in [5.74, 6) is -0.250.